The van der Waals surface area contributed by atoms with Gasteiger partial charge in [-0.2, -0.15) is 0 Å². The van der Waals surface area contributed by atoms with Gasteiger partial charge in [0.15, 0.2) is 0 Å². The van der Waals surface area contributed by atoms with Crippen LogP contribution in [0.1, 0.15) is 37.8 Å². The highest BCUT2D eigenvalue weighted by Crippen LogP contribution is 2.44. The third-order valence-electron chi connectivity index (χ3n) is 4.75. The highest BCUT2D eigenvalue weighted by Gasteiger charge is 2.30. The summed E-state index contributed by atoms with van der Waals surface area (Å²) < 4.78 is 13.3. The van der Waals surface area contributed by atoms with Crippen LogP contribution in [0.3, 0.4) is 0 Å². The first-order valence-corrected chi connectivity index (χ1v) is 8.66. The van der Waals surface area contributed by atoms with Gasteiger partial charge in [0.2, 0.25) is 0 Å². The molecule has 2 unspecified atom stereocenters. The molecule has 0 saturated carbocycles. The van der Waals surface area contributed by atoms with Crippen LogP contribution >= 0.6 is 0 Å². The average molecular weight is 334 g/mol. The van der Waals surface area contributed by atoms with E-state index in [1.807, 2.05) is 25.1 Å². The number of hydrogen-bond acceptors (Lipinski definition) is 0. The van der Waals surface area contributed by atoms with E-state index in [4.69, 9.17) is 0 Å². The molecule has 0 radical (unpaired) electrons. The molecule has 0 N–H and O–H groups in total. The van der Waals surface area contributed by atoms with Crippen molar-refractivity contribution < 1.29 is 4.39 Å². The summed E-state index contributed by atoms with van der Waals surface area (Å²) in [6, 6.07) is 16.9. The van der Waals surface area contributed by atoms with Gasteiger partial charge in [0.05, 0.1) is 0 Å². The molecule has 0 bridgehead atoms. The van der Waals surface area contributed by atoms with E-state index < -0.39 is 0 Å². The molecule has 2 atom stereocenters. The van der Waals surface area contributed by atoms with Gasteiger partial charge in [-0.1, -0.05) is 87.2 Å². The maximum absolute atomic E-state index is 13.3. The number of hydrogen-bond donors (Lipinski definition) is 0. The second-order valence-corrected chi connectivity index (χ2v) is 6.97. The number of halogens is 1. The summed E-state index contributed by atoms with van der Waals surface area (Å²) in [5.41, 5.74) is 5.28. The van der Waals surface area contributed by atoms with Gasteiger partial charge in [-0.05, 0) is 41.7 Å². The molecule has 2 rings (SSSR count). The third-order valence-corrected chi connectivity index (χ3v) is 4.75. The van der Waals surface area contributed by atoms with Crippen molar-refractivity contribution in [2.24, 2.45) is 11.8 Å². The smallest absolute Gasteiger partial charge is 0.123 e. The molecule has 0 aliphatic carbocycles. The minimum absolute atomic E-state index is 0.0269. The van der Waals surface area contributed by atoms with Gasteiger partial charge in [-0.25, -0.2) is 4.39 Å². The fourth-order valence-electron chi connectivity index (χ4n) is 3.27. The summed E-state index contributed by atoms with van der Waals surface area (Å²) in [5.74, 6) is 0.212. The average Bonchev–Trinajstić information content (AvgIpc) is 2.59. The lowest BCUT2D eigenvalue weighted by Gasteiger charge is -2.33. The van der Waals surface area contributed by atoms with Crippen LogP contribution in [0.5, 0.6) is 0 Å². The van der Waals surface area contributed by atoms with Crippen molar-refractivity contribution in [3.05, 3.63) is 102 Å². The van der Waals surface area contributed by atoms with Crippen LogP contribution in [0, 0.1) is 17.7 Å². The number of rotatable bonds is 7. The molecule has 0 heterocycles. The van der Waals surface area contributed by atoms with Gasteiger partial charge in [0, 0.05) is 11.8 Å². The van der Waals surface area contributed by atoms with Crippen molar-refractivity contribution in [1.82, 2.24) is 0 Å². The minimum Gasteiger partial charge on any atom is -0.207 e. The highest BCUT2D eigenvalue weighted by atomic mass is 19.1. The Morgan fingerprint density at radius 1 is 0.880 bits per heavy atom. The van der Waals surface area contributed by atoms with E-state index in [9.17, 15) is 4.39 Å². The van der Waals surface area contributed by atoms with Crippen molar-refractivity contribution in [3.8, 4) is 0 Å². The fourth-order valence-corrected chi connectivity index (χ4v) is 3.27. The molecule has 0 aliphatic rings. The lowest BCUT2D eigenvalue weighted by atomic mass is 9.70. The summed E-state index contributed by atoms with van der Waals surface area (Å²) in [6.45, 7) is 19.3. The Morgan fingerprint density at radius 2 is 1.44 bits per heavy atom. The molecule has 0 saturated heterocycles. The normalized spacial score (nSPS) is 13.3. The van der Waals surface area contributed by atoms with Crippen LogP contribution in [0.2, 0.25) is 0 Å². The molecule has 0 nitrogen and oxygen atoms in total. The summed E-state index contributed by atoms with van der Waals surface area (Å²) >= 11 is 0. The SMILES string of the molecule is C=C(C)C(C(=C)C(C)C)C(C(=C)c1ccc(F)cc1)c1ccccc1. The lowest BCUT2D eigenvalue weighted by Crippen LogP contribution is -2.20. The molecule has 0 spiro atoms. The first kappa shape index (κ1) is 18.9. The second-order valence-electron chi connectivity index (χ2n) is 6.97. The third kappa shape index (κ3) is 4.36. The van der Waals surface area contributed by atoms with Crippen molar-refractivity contribution in [2.45, 2.75) is 26.7 Å². The van der Waals surface area contributed by atoms with Gasteiger partial charge in [0.1, 0.15) is 5.82 Å². The van der Waals surface area contributed by atoms with Crippen LogP contribution in [0.15, 0.2) is 85.5 Å². The standard InChI is InChI=1S/C24H27F/c1-16(2)18(5)23(17(3)4)24(21-10-8-7-9-11-21)19(6)20-12-14-22(25)15-13-20/h7-16,23-24H,3,5-6H2,1-2,4H3. The Labute approximate surface area is 151 Å². The molecule has 2 aromatic rings. The molecule has 2 aromatic carbocycles. The van der Waals surface area contributed by atoms with Gasteiger partial charge < -0.3 is 0 Å². The molecule has 130 valence electrons. The Balaban J connectivity index is 2.56. The second kappa shape index (κ2) is 8.11. The Hall–Kier alpha value is -2.41. The number of benzene rings is 2. The lowest BCUT2D eigenvalue weighted by molar-refractivity contribution is 0.571. The quantitative estimate of drug-likeness (QED) is 0.477. The van der Waals surface area contributed by atoms with Gasteiger partial charge in [-0.3, -0.25) is 0 Å². The molecule has 0 amide bonds. The van der Waals surface area contributed by atoms with Crippen LogP contribution in [0.25, 0.3) is 5.57 Å². The maximum Gasteiger partial charge on any atom is 0.123 e. The molecular weight excluding hydrogens is 307 g/mol. The molecule has 1 heteroatoms. The van der Waals surface area contributed by atoms with E-state index >= 15 is 0 Å². The predicted molar refractivity (Wildman–Crippen MR) is 107 cm³/mol. The first-order valence-electron chi connectivity index (χ1n) is 8.66. The largest absolute Gasteiger partial charge is 0.207 e. The maximum atomic E-state index is 13.3. The van der Waals surface area contributed by atoms with Crippen LogP contribution in [0.4, 0.5) is 4.39 Å². The van der Waals surface area contributed by atoms with Gasteiger partial charge in [-0.15, -0.1) is 0 Å². The van der Waals surface area contributed by atoms with Gasteiger partial charge in [0.25, 0.3) is 0 Å². The van der Waals surface area contributed by atoms with Crippen molar-refractivity contribution in [2.75, 3.05) is 0 Å². The summed E-state index contributed by atoms with van der Waals surface area (Å²) in [5, 5.41) is 0. The Kier molecular flexibility index (Phi) is 6.14. The van der Waals surface area contributed by atoms with Crippen molar-refractivity contribution >= 4 is 5.57 Å². The minimum atomic E-state index is -0.240. The van der Waals surface area contributed by atoms with E-state index in [1.54, 1.807) is 12.1 Å². The molecule has 0 fully saturated rings. The van der Waals surface area contributed by atoms with Crippen LogP contribution in [-0.4, -0.2) is 0 Å². The van der Waals surface area contributed by atoms with Gasteiger partial charge >= 0.3 is 0 Å². The number of allylic oxidation sites excluding steroid dienone is 3. The van der Waals surface area contributed by atoms with Crippen molar-refractivity contribution in [1.29, 1.82) is 0 Å². The van der Waals surface area contributed by atoms with E-state index in [1.165, 1.54) is 17.7 Å². The molecule has 25 heavy (non-hydrogen) atoms. The van der Waals surface area contributed by atoms with E-state index in [2.05, 4.69) is 45.7 Å². The monoisotopic (exact) mass is 334 g/mol. The first-order chi connectivity index (χ1) is 11.8. The summed E-state index contributed by atoms with van der Waals surface area (Å²) in [4.78, 5) is 0. The van der Waals surface area contributed by atoms with Crippen molar-refractivity contribution in [3.63, 3.8) is 0 Å². The van der Waals surface area contributed by atoms with Crippen LogP contribution < -0.4 is 0 Å². The molecule has 0 aromatic heterocycles. The topological polar surface area (TPSA) is 0 Å². The zero-order valence-corrected chi connectivity index (χ0v) is 15.4. The van der Waals surface area contributed by atoms with E-state index in [0.29, 0.717) is 5.92 Å². The van der Waals surface area contributed by atoms with E-state index in [-0.39, 0.29) is 17.7 Å². The zero-order valence-electron chi connectivity index (χ0n) is 15.4. The Morgan fingerprint density at radius 3 is 1.92 bits per heavy atom. The zero-order chi connectivity index (χ0) is 18.6. The molecular formula is C24H27F. The highest BCUT2D eigenvalue weighted by molar-refractivity contribution is 5.71. The molecule has 0 aliphatic heterocycles. The Bertz CT molecular complexity index is 750. The van der Waals surface area contributed by atoms with E-state index in [0.717, 1.165) is 22.3 Å². The predicted octanol–water partition coefficient (Wildman–Crippen LogP) is 7.03. The summed E-state index contributed by atoms with van der Waals surface area (Å²) in [6.07, 6.45) is 0. The fraction of sp³-hybridized carbons (Fsp3) is 0.250. The van der Waals surface area contributed by atoms with Crippen LogP contribution in [-0.2, 0) is 0 Å². The summed E-state index contributed by atoms with van der Waals surface area (Å²) in [7, 11) is 0.